The molecule has 3 nitrogen and oxygen atoms in total. The summed E-state index contributed by atoms with van der Waals surface area (Å²) >= 11 is 0. The number of aryl methyl sites for hydroxylation is 3. The van der Waals surface area contributed by atoms with Crippen LogP contribution in [0.5, 0.6) is 5.75 Å². The van der Waals surface area contributed by atoms with Crippen molar-refractivity contribution in [3.05, 3.63) is 89.5 Å². The van der Waals surface area contributed by atoms with Gasteiger partial charge in [-0.05, 0) is 108 Å². The van der Waals surface area contributed by atoms with Crippen molar-refractivity contribution in [3.63, 3.8) is 0 Å². The Morgan fingerprint density at radius 1 is 0.833 bits per heavy atom. The van der Waals surface area contributed by atoms with Crippen LogP contribution in [0.4, 0.5) is 0 Å². The monoisotopic (exact) mass is 568 g/mol. The molecule has 3 aromatic carbocycles. The molecular weight excluding hydrogens is 516 g/mol. The number of unbranched alkanes of at least 4 members (excludes halogenated alkanes) is 2. The Morgan fingerprint density at radius 3 is 2.21 bits per heavy atom. The lowest BCUT2D eigenvalue weighted by Gasteiger charge is -2.17. The molecule has 0 saturated heterocycles. The molecule has 0 aliphatic carbocycles. The molecule has 0 saturated carbocycles. The second-order valence-electron chi connectivity index (χ2n) is 11.5. The van der Waals surface area contributed by atoms with Crippen molar-refractivity contribution in [1.29, 1.82) is 0 Å². The first-order valence-electron chi connectivity index (χ1n) is 16.2. The number of ketones is 1. The summed E-state index contributed by atoms with van der Waals surface area (Å²) in [5.41, 5.74) is 9.49. The van der Waals surface area contributed by atoms with Crippen LogP contribution >= 0.6 is 0 Å². The fourth-order valence-corrected chi connectivity index (χ4v) is 5.45. The van der Waals surface area contributed by atoms with Crippen molar-refractivity contribution in [3.8, 4) is 28.0 Å². The molecule has 1 unspecified atom stereocenters. The number of aliphatic hydroxyl groups is 1. The van der Waals surface area contributed by atoms with E-state index in [-0.39, 0.29) is 18.3 Å². The van der Waals surface area contributed by atoms with Crippen LogP contribution in [0.3, 0.4) is 0 Å². The van der Waals surface area contributed by atoms with E-state index in [1.807, 2.05) is 6.92 Å². The molecule has 0 aliphatic heterocycles. The lowest BCUT2D eigenvalue weighted by molar-refractivity contribution is -0.115. The lowest BCUT2D eigenvalue weighted by Crippen LogP contribution is -2.11. The van der Waals surface area contributed by atoms with Gasteiger partial charge in [0.05, 0.1) is 6.61 Å². The van der Waals surface area contributed by atoms with Gasteiger partial charge in [-0.25, -0.2) is 0 Å². The largest absolute Gasteiger partial charge is 0.493 e. The van der Waals surface area contributed by atoms with Crippen LogP contribution in [0.25, 0.3) is 22.3 Å². The molecule has 1 N–H and O–H groups in total. The Labute approximate surface area is 255 Å². The second-order valence-corrected chi connectivity index (χ2v) is 11.5. The zero-order chi connectivity index (χ0) is 30.3. The molecule has 226 valence electrons. The first-order chi connectivity index (χ1) is 20.4. The fourth-order valence-electron chi connectivity index (χ4n) is 5.45. The summed E-state index contributed by atoms with van der Waals surface area (Å²) in [6.45, 7) is 13.2. The van der Waals surface area contributed by atoms with Crippen LogP contribution in [0.15, 0.2) is 72.8 Å². The van der Waals surface area contributed by atoms with E-state index in [0.29, 0.717) is 25.0 Å². The van der Waals surface area contributed by atoms with Gasteiger partial charge in [-0.3, -0.25) is 4.79 Å². The Bertz CT molecular complexity index is 1270. The van der Waals surface area contributed by atoms with Gasteiger partial charge in [-0.1, -0.05) is 102 Å². The average Bonchev–Trinajstić information content (AvgIpc) is 3.03. The third-order valence-corrected chi connectivity index (χ3v) is 8.50. The standard InChI is InChI=1S/C39H52O3/c1-6-10-11-13-31-16-18-33(19-17-31)34-20-22-37(32(9-4)26-34)35-21-23-39(42-25-24-30(8-3)28-40)36(27-35)14-12-15-38(41)29(5)7-2/h16-23,26-27,30,40H,5-15,24-25,28H2,1-4H3. The number of aliphatic hydroxyl groups excluding tert-OH is 1. The maximum absolute atomic E-state index is 12.4. The van der Waals surface area contributed by atoms with Crippen LogP contribution in [0.1, 0.15) is 95.8 Å². The summed E-state index contributed by atoms with van der Waals surface area (Å²) < 4.78 is 6.25. The fraction of sp³-hybridized carbons (Fsp3) is 0.462. The zero-order valence-electron chi connectivity index (χ0n) is 26.5. The Kier molecular flexibility index (Phi) is 14.1. The molecular formula is C39H52O3. The van der Waals surface area contributed by atoms with Crippen LogP contribution in [-0.2, 0) is 24.1 Å². The number of carbonyl (C=O) groups is 1. The Balaban J connectivity index is 1.83. The number of hydrogen-bond donors (Lipinski definition) is 1. The Morgan fingerprint density at radius 2 is 1.55 bits per heavy atom. The maximum Gasteiger partial charge on any atom is 0.158 e. The van der Waals surface area contributed by atoms with Crippen molar-refractivity contribution in [1.82, 2.24) is 0 Å². The highest BCUT2D eigenvalue weighted by atomic mass is 16.5. The summed E-state index contributed by atoms with van der Waals surface area (Å²) in [7, 11) is 0. The topological polar surface area (TPSA) is 46.5 Å². The van der Waals surface area contributed by atoms with E-state index in [9.17, 15) is 9.90 Å². The van der Waals surface area contributed by atoms with Gasteiger partial charge in [0.2, 0.25) is 0 Å². The minimum absolute atomic E-state index is 0.155. The molecule has 0 spiro atoms. The molecule has 0 fully saturated rings. The smallest absolute Gasteiger partial charge is 0.158 e. The van der Waals surface area contributed by atoms with Crippen molar-refractivity contribution in [2.45, 2.75) is 98.3 Å². The average molecular weight is 569 g/mol. The SMILES string of the molecule is C=C(CC)C(=O)CCCc1cc(-c2ccc(-c3ccc(CCCCC)cc3)cc2CC)ccc1OCCC(CC)CO. The van der Waals surface area contributed by atoms with Crippen LogP contribution in [0.2, 0.25) is 0 Å². The Hall–Kier alpha value is -3.17. The molecule has 3 rings (SSSR count). The van der Waals surface area contributed by atoms with Gasteiger partial charge in [-0.15, -0.1) is 0 Å². The highest BCUT2D eigenvalue weighted by Gasteiger charge is 2.13. The summed E-state index contributed by atoms with van der Waals surface area (Å²) in [4.78, 5) is 12.4. The van der Waals surface area contributed by atoms with Crippen molar-refractivity contribution in [2.24, 2.45) is 5.92 Å². The van der Waals surface area contributed by atoms with Crippen molar-refractivity contribution < 1.29 is 14.6 Å². The summed E-state index contributed by atoms with van der Waals surface area (Å²) in [5, 5.41) is 9.57. The second kappa shape index (κ2) is 17.7. The van der Waals surface area contributed by atoms with Gasteiger partial charge in [0, 0.05) is 13.0 Å². The van der Waals surface area contributed by atoms with Gasteiger partial charge < -0.3 is 9.84 Å². The highest BCUT2D eigenvalue weighted by molar-refractivity contribution is 5.94. The number of benzene rings is 3. The summed E-state index contributed by atoms with van der Waals surface area (Å²) in [6, 6.07) is 22.4. The van der Waals surface area contributed by atoms with E-state index < -0.39 is 0 Å². The molecule has 3 heteroatoms. The molecule has 42 heavy (non-hydrogen) atoms. The third kappa shape index (κ3) is 9.70. The summed E-state index contributed by atoms with van der Waals surface area (Å²) in [5.74, 6) is 1.29. The maximum atomic E-state index is 12.4. The lowest BCUT2D eigenvalue weighted by atomic mass is 9.91. The predicted octanol–water partition coefficient (Wildman–Crippen LogP) is 9.96. The molecule has 0 aliphatic rings. The minimum atomic E-state index is 0.155. The molecule has 1 atom stereocenters. The zero-order valence-corrected chi connectivity index (χ0v) is 26.5. The number of ether oxygens (including phenoxy) is 1. The number of hydrogen-bond acceptors (Lipinski definition) is 3. The van der Waals surface area contributed by atoms with Gasteiger partial charge >= 0.3 is 0 Å². The van der Waals surface area contributed by atoms with E-state index >= 15 is 0 Å². The predicted molar refractivity (Wildman–Crippen MR) is 178 cm³/mol. The van der Waals surface area contributed by atoms with E-state index in [0.717, 1.165) is 49.8 Å². The number of allylic oxidation sites excluding steroid dienone is 1. The van der Waals surface area contributed by atoms with Gasteiger partial charge in [0.1, 0.15) is 5.75 Å². The summed E-state index contributed by atoms with van der Waals surface area (Å²) in [6.07, 6.45) is 10.4. The molecule has 0 bridgehead atoms. The third-order valence-electron chi connectivity index (χ3n) is 8.50. The highest BCUT2D eigenvalue weighted by Crippen LogP contribution is 2.33. The quantitative estimate of drug-likeness (QED) is 0.116. The van der Waals surface area contributed by atoms with Gasteiger partial charge in [0.15, 0.2) is 5.78 Å². The van der Waals surface area contributed by atoms with E-state index in [4.69, 9.17) is 4.74 Å². The number of rotatable bonds is 19. The molecule has 0 heterocycles. The van der Waals surface area contributed by atoms with Gasteiger partial charge in [-0.2, -0.15) is 0 Å². The van der Waals surface area contributed by atoms with Gasteiger partial charge in [0.25, 0.3) is 0 Å². The van der Waals surface area contributed by atoms with E-state index in [1.165, 1.54) is 52.6 Å². The van der Waals surface area contributed by atoms with E-state index in [1.54, 1.807) is 0 Å². The normalized spacial score (nSPS) is 11.8. The van der Waals surface area contributed by atoms with Crippen LogP contribution < -0.4 is 4.74 Å². The molecule has 0 amide bonds. The van der Waals surface area contributed by atoms with Crippen molar-refractivity contribution >= 4 is 5.78 Å². The van der Waals surface area contributed by atoms with E-state index in [2.05, 4.69) is 88.0 Å². The first-order valence-corrected chi connectivity index (χ1v) is 16.2. The number of carbonyl (C=O) groups excluding carboxylic acids is 1. The molecule has 0 radical (unpaired) electrons. The molecule has 3 aromatic rings. The van der Waals surface area contributed by atoms with Crippen molar-refractivity contribution in [2.75, 3.05) is 13.2 Å². The molecule has 0 aromatic heterocycles. The number of Topliss-reactive ketones (excluding diaryl/α,β-unsaturated/α-hetero) is 1. The minimum Gasteiger partial charge on any atom is -0.493 e. The van der Waals surface area contributed by atoms with Crippen LogP contribution in [-0.4, -0.2) is 24.1 Å². The van der Waals surface area contributed by atoms with Crippen LogP contribution in [0, 0.1) is 5.92 Å². The first kappa shape index (κ1) is 33.3.